The van der Waals surface area contributed by atoms with Crippen molar-refractivity contribution in [2.24, 2.45) is 0 Å². The van der Waals surface area contributed by atoms with Gasteiger partial charge in [0.2, 0.25) is 0 Å². The second kappa shape index (κ2) is 5.83. The number of carbonyl (C=O) groups is 1. The van der Waals surface area contributed by atoms with Gasteiger partial charge in [-0.25, -0.2) is 9.78 Å². The van der Waals surface area contributed by atoms with Gasteiger partial charge >= 0.3 is 5.97 Å². The summed E-state index contributed by atoms with van der Waals surface area (Å²) in [6.45, 7) is 3.75. The van der Waals surface area contributed by atoms with E-state index in [4.69, 9.17) is 5.11 Å². The normalized spacial score (nSPS) is 10.3. The van der Waals surface area contributed by atoms with Crippen LogP contribution < -0.4 is 10.2 Å². The van der Waals surface area contributed by atoms with Crippen molar-refractivity contribution in [3.63, 3.8) is 0 Å². The van der Waals surface area contributed by atoms with E-state index in [0.29, 0.717) is 11.5 Å². The molecule has 0 aliphatic heterocycles. The number of benzene rings is 1. The van der Waals surface area contributed by atoms with Crippen LogP contribution in [0.2, 0.25) is 0 Å². The van der Waals surface area contributed by atoms with Crippen LogP contribution in [-0.4, -0.2) is 30.2 Å². The van der Waals surface area contributed by atoms with Crippen LogP contribution in [0.1, 0.15) is 21.6 Å². The van der Waals surface area contributed by atoms with Gasteiger partial charge < -0.3 is 15.3 Å². The maximum atomic E-state index is 11.0. The average molecular weight is 285 g/mol. The van der Waals surface area contributed by atoms with Crippen molar-refractivity contribution in [1.29, 1.82) is 0 Å². The fourth-order valence-corrected chi connectivity index (χ4v) is 2.17. The summed E-state index contributed by atoms with van der Waals surface area (Å²) in [4.78, 5) is 17.3. The number of aromatic carboxylic acids is 1. The Morgan fingerprint density at radius 3 is 2.48 bits per heavy atom. The number of carboxylic acid groups (broad SMARTS) is 1. The molecule has 5 nitrogen and oxygen atoms in total. The molecule has 0 saturated heterocycles. The first-order chi connectivity index (χ1) is 9.88. The van der Waals surface area contributed by atoms with Gasteiger partial charge in [0.1, 0.15) is 5.82 Å². The summed E-state index contributed by atoms with van der Waals surface area (Å²) in [5.41, 5.74) is 3.94. The van der Waals surface area contributed by atoms with Gasteiger partial charge in [-0.1, -0.05) is 6.07 Å². The molecule has 0 fully saturated rings. The topological polar surface area (TPSA) is 65.5 Å². The Bertz CT molecular complexity index is 681. The van der Waals surface area contributed by atoms with Crippen LogP contribution in [-0.2, 0) is 0 Å². The molecular weight excluding hydrogens is 266 g/mol. The Balaban J connectivity index is 2.28. The van der Waals surface area contributed by atoms with E-state index < -0.39 is 5.97 Å². The van der Waals surface area contributed by atoms with Crippen molar-refractivity contribution in [3.05, 3.63) is 47.2 Å². The van der Waals surface area contributed by atoms with Crippen LogP contribution >= 0.6 is 0 Å². The summed E-state index contributed by atoms with van der Waals surface area (Å²) >= 11 is 0. The van der Waals surface area contributed by atoms with E-state index in [-0.39, 0.29) is 5.56 Å². The molecule has 0 aliphatic rings. The number of aromatic nitrogens is 1. The van der Waals surface area contributed by atoms with Crippen molar-refractivity contribution in [2.45, 2.75) is 13.8 Å². The van der Waals surface area contributed by atoms with Crippen LogP contribution in [0, 0.1) is 13.8 Å². The van der Waals surface area contributed by atoms with Crippen LogP contribution in [0.4, 0.5) is 17.2 Å². The highest BCUT2D eigenvalue weighted by atomic mass is 16.4. The molecule has 1 aromatic heterocycles. The average Bonchev–Trinajstić information content (AvgIpc) is 2.40. The molecule has 0 radical (unpaired) electrons. The highest BCUT2D eigenvalue weighted by Crippen LogP contribution is 2.24. The third-order valence-electron chi connectivity index (χ3n) is 3.28. The lowest BCUT2D eigenvalue weighted by Crippen LogP contribution is -2.10. The maximum Gasteiger partial charge on any atom is 0.337 e. The number of anilines is 3. The molecule has 2 rings (SSSR count). The summed E-state index contributed by atoms with van der Waals surface area (Å²) in [6, 6.07) is 9.29. The minimum Gasteiger partial charge on any atom is -0.478 e. The van der Waals surface area contributed by atoms with E-state index in [0.717, 1.165) is 11.4 Å². The third kappa shape index (κ3) is 3.31. The van der Waals surface area contributed by atoms with Gasteiger partial charge in [-0.15, -0.1) is 0 Å². The van der Waals surface area contributed by atoms with Crippen molar-refractivity contribution >= 4 is 23.2 Å². The zero-order chi connectivity index (χ0) is 15.6. The predicted molar refractivity (Wildman–Crippen MR) is 84.7 cm³/mol. The molecule has 21 heavy (non-hydrogen) atoms. The molecule has 5 heteroatoms. The minimum absolute atomic E-state index is 0.221. The molecule has 1 heterocycles. The summed E-state index contributed by atoms with van der Waals surface area (Å²) < 4.78 is 0. The Morgan fingerprint density at radius 2 is 1.90 bits per heavy atom. The highest BCUT2D eigenvalue weighted by molar-refractivity contribution is 5.89. The molecule has 2 N–H and O–H groups in total. The SMILES string of the molecule is Cc1ccc(Nc2ccc(C(=O)O)c(C)n2)cc1N(C)C. The Kier molecular flexibility index (Phi) is 4.12. The molecule has 0 amide bonds. The first kappa shape index (κ1) is 14.8. The number of nitrogens with zero attached hydrogens (tertiary/aromatic N) is 2. The van der Waals surface area contributed by atoms with E-state index in [1.165, 1.54) is 5.56 Å². The van der Waals surface area contributed by atoms with Crippen LogP contribution in [0.25, 0.3) is 0 Å². The van der Waals surface area contributed by atoms with Crippen molar-refractivity contribution in [2.75, 3.05) is 24.3 Å². The molecule has 0 saturated carbocycles. The fourth-order valence-electron chi connectivity index (χ4n) is 2.17. The Hall–Kier alpha value is -2.56. The Labute approximate surface area is 124 Å². The van der Waals surface area contributed by atoms with E-state index in [2.05, 4.69) is 17.2 Å². The van der Waals surface area contributed by atoms with Crippen molar-refractivity contribution < 1.29 is 9.90 Å². The van der Waals surface area contributed by atoms with Gasteiger partial charge in [-0.3, -0.25) is 0 Å². The monoisotopic (exact) mass is 285 g/mol. The summed E-state index contributed by atoms with van der Waals surface area (Å²) in [5.74, 6) is -0.331. The van der Waals surface area contributed by atoms with Crippen molar-refractivity contribution in [1.82, 2.24) is 4.98 Å². The van der Waals surface area contributed by atoms with Gasteiger partial charge in [-0.2, -0.15) is 0 Å². The van der Waals surface area contributed by atoms with Gasteiger partial charge in [0, 0.05) is 25.5 Å². The predicted octanol–water partition coefficient (Wildman–Crippen LogP) is 3.21. The van der Waals surface area contributed by atoms with E-state index in [9.17, 15) is 4.79 Å². The molecule has 0 bridgehead atoms. The molecule has 0 atom stereocenters. The number of nitrogens with one attached hydrogen (secondary N) is 1. The van der Waals surface area contributed by atoms with Gasteiger partial charge in [0.15, 0.2) is 0 Å². The smallest absolute Gasteiger partial charge is 0.337 e. The lowest BCUT2D eigenvalue weighted by atomic mass is 10.1. The number of pyridine rings is 1. The second-order valence-electron chi connectivity index (χ2n) is 5.16. The number of hydrogen-bond acceptors (Lipinski definition) is 4. The number of hydrogen-bond donors (Lipinski definition) is 2. The molecule has 110 valence electrons. The molecule has 0 spiro atoms. The summed E-state index contributed by atoms with van der Waals surface area (Å²) in [6.07, 6.45) is 0. The Morgan fingerprint density at radius 1 is 1.19 bits per heavy atom. The van der Waals surface area contributed by atoms with Gasteiger partial charge in [-0.05, 0) is 43.7 Å². The van der Waals surface area contributed by atoms with Gasteiger partial charge in [0.05, 0.1) is 11.3 Å². The van der Waals surface area contributed by atoms with Crippen LogP contribution in [0.15, 0.2) is 30.3 Å². The minimum atomic E-state index is -0.961. The summed E-state index contributed by atoms with van der Waals surface area (Å²) in [7, 11) is 3.99. The summed E-state index contributed by atoms with van der Waals surface area (Å²) in [5, 5.41) is 12.2. The van der Waals surface area contributed by atoms with Crippen molar-refractivity contribution in [3.8, 4) is 0 Å². The zero-order valence-electron chi connectivity index (χ0n) is 12.6. The fraction of sp³-hybridized carbons (Fsp3) is 0.250. The van der Waals surface area contributed by atoms with E-state index >= 15 is 0 Å². The standard InChI is InChI=1S/C16H19N3O2/c1-10-5-6-12(9-14(10)19(3)4)18-15-8-7-13(16(20)21)11(2)17-15/h5-9H,1-4H3,(H,17,18)(H,20,21). The molecule has 2 aromatic rings. The zero-order valence-corrected chi connectivity index (χ0v) is 12.6. The molecule has 0 unspecified atom stereocenters. The first-order valence-electron chi connectivity index (χ1n) is 6.64. The van der Waals surface area contributed by atoms with Crippen LogP contribution in [0.5, 0.6) is 0 Å². The van der Waals surface area contributed by atoms with E-state index in [1.807, 2.05) is 37.2 Å². The third-order valence-corrected chi connectivity index (χ3v) is 3.28. The number of aryl methyl sites for hydroxylation is 2. The van der Waals surface area contributed by atoms with Crippen LogP contribution in [0.3, 0.4) is 0 Å². The lowest BCUT2D eigenvalue weighted by Gasteiger charge is -2.17. The lowest BCUT2D eigenvalue weighted by molar-refractivity contribution is 0.0695. The maximum absolute atomic E-state index is 11.0. The van der Waals surface area contributed by atoms with Gasteiger partial charge in [0.25, 0.3) is 0 Å². The quantitative estimate of drug-likeness (QED) is 0.903. The first-order valence-corrected chi connectivity index (χ1v) is 6.64. The molecule has 1 aromatic carbocycles. The molecular formula is C16H19N3O2. The number of rotatable bonds is 4. The van der Waals surface area contributed by atoms with E-state index in [1.54, 1.807) is 19.1 Å². The molecule has 0 aliphatic carbocycles. The highest BCUT2D eigenvalue weighted by Gasteiger charge is 2.09. The second-order valence-corrected chi connectivity index (χ2v) is 5.16. The largest absolute Gasteiger partial charge is 0.478 e. The number of carboxylic acids is 1.